The molecule has 6 aromatic rings. The smallest absolute Gasteiger partial charge is 0.215 e. The van der Waals surface area contributed by atoms with Crippen molar-refractivity contribution in [2.45, 2.75) is 0 Å². The van der Waals surface area contributed by atoms with Crippen molar-refractivity contribution in [2.75, 3.05) is 7.11 Å². The van der Waals surface area contributed by atoms with Crippen molar-refractivity contribution in [3.8, 4) is 34.0 Å². The molecule has 2 aromatic heterocycles. The molecule has 2 heterocycles. The van der Waals surface area contributed by atoms with E-state index in [-0.39, 0.29) is 0 Å². The van der Waals surface area contributed by atoms with Gasteiger partial charge in [-0.25, -0.2) is 9.97 Å². The van der Waals surface area contributed by atoms with Gasteiger partial charge in [-0.2, -0.15) is 0 Å². The predicted molar refractivity (Wildman–Crippen MR) is 152 cm³/mol. The molecule has 1 aliphatic carbocycles. The molecular weight excluding hydrogens is 490 g/mol. The minimum absolute atomic E-state index is 0.730. The first-order valence-electron chi connectivity index (χ1n) is 12.2. The monoisotopic (exact) mass is 511 g/mol. The first kappa shape index (κ1) is 22.3. The van der Waals surface area contributed by atoms with E-state index in [1.165, 1.54) is 0 Å². The average molecular weight is 512 g/mol. The summed E-state index contributed by atoms with van der Waals surface area (Å²) in [6, 6.07) is 34.3. The van der Waals surface area contributed by atoms with Crippen molar-refractivity contribution >= 4 is 28.1 Å². The highest BCUT2D eigenvalue weighted by Crippen LogP contribution is 2.35. The highest BCUT2D eigenvalue weighted by molar-refractivity contribution is 7.07. The number of thiazole rings is 1. The number of rotatable bonds is 4. The van der Waals surface area contributed by atoms with Crippen LogP contribution in [0, 0.1) is 0 Å². The highest BCUT2D eigenvalue weighted by atomic mass is 32.1. The fraction of sp³-hybridized carbons (Fsp3) is 0.0323. The van der Waals surface area contributed by atoms with Crippen LogP contribution in [-0.4, -0.2) is 27.4 Å². The summed E-state index contributed by atoms with van der Waals surface area (Å²) in [6.45, 7) is 0. The van der Waals surface area contributed by atoms with Crippen molar-refractivity contribution in [1.82, 2.24) is 14.5 Å². The van der Waals surface area contributed by atoms with Crippen LogP contribution in [0.4, 0.5) is 0 Å². The molecule has 6 nitrogen and oxygen atoms in total. The SMILES string of the molecule is COc1ccc(-c2cs/c(=N\N=C3/c4ccccc4-c4nc5ccccc5nc43)n2-c2ccccc2)cc1. The van der Waals surface area contributed by atoms with Crippen LogP contribution < -0.4 is 9.54 Å². The molecule has 0 unspecified atom stereocenters. The largest absolute Gasteiger partial charge is 0.497 e. The summed E-state index contributed by atoms with van der Waals surface area (Å²) < 4.78 is 7.48. The molecule has 0 atom stereocenters. The third-order valence-corrected chi connectivity index (χ3v) is 7.39. The maximum Gasteiger partial charge on any atom is 0.215 e. The van der Waals surface area contributed by atoms with Gasteiger partial charge in [-0.05, 0) is 54.1 Å². The van der Waals surface area contributed by atoms with Gasteiger partial charge >= 0.3 is 0 Å². The molecule has 0 fully saturated rings. The lowest BCUT2D eigenvalue weighted by Gasteiger charge is -2.09. The van der Waals surface area contributed by atoms with E-state index < -0.39 is 0 Å². The van der Waals surface area contributed by atoms with Crippen LogP contribution in [0.1, 0.15) is 11.3 Å². The molecule has 1 aliphatic rings. The maximum atomic E-state index is 5.35. The topological polar surface area (TPSA) is 64.7 Å². The molecule has 7 rings (SSSR count). The third kappa shape index (κ3) is 3.72. The zero-order valence-corrected chi connectivity index (χ0v) is 21.3. The third-order valence-electron chi connectivity index (χ3n) is 6.58. The number of nitrogens with zero attached hydrogens (tertiary/aromatic N) is 5. The van der Waals surface area contributed by atoms with Gasteiger partial charge in [0.2, 0.25) is 4.80 Å². The number of methoxy groups -OCH3 is 1. The Kier molecular flexibility index (Phi) is 5.41. The van der Waals surface area contributed by atoms with Gasteiger partial charge in [0.25, 0.3) is 0 Å². The van der Waals surface area contributed by atoms with E-state index in [0.717, 1.165) is 66.8 Å². The van der Waals surface area contributed by atoms with Crippen LogP contribution in [-0.2, 0) is 0 Å². The van der Waals surface area contributed by atoms with Gasteiger partial charge in [0.1, 0.15) is 17.2 Å². The molecular formula is C31H21N5OS. The van der Waals surface area contributed by atoms with Crippen molar-refractivity contribution in [3.63, 3.8) is 0 Å². The molecule has 0 amide bonds. The Bertz CT molecular complexity index is 1900. The van der Waals surface area contributed by atoms with Crippen molar-refractivity contribution in [3.05, 3.63) is 125 Å². The van der Waals surface area contributed by atoms with E-state index in [1.54, 1.807) is 18.4 Å². The fourth-order valence-electron chi connectivity index (χ4n) is 4.74. The first-order chi connectivity index (χ1) is 18.8. The van der Waals surface area contributed by atoms with Gasteiger partial charge in [0.05, 0.1) is 29.5 Å². The second-order valence-corrected chi connectivity index (χ2v) is 9.64. The number of benzene rings is 4. The van der Waals surface area contributed by atoms with E-state index in [0.29, 0.717) is 0 Å². The standard InChI is InChI=1S/C31H21N5OS/c1-37-22-17-15-20(16-18-22)27-19-38-31(36(27)21-9-3-2-4-10-21)35-34-29-24-12-6-5-11-23(24)28-30(29)33-26-14-8-7-13-25(26)32-28/h2-19H,1H3/b34-29+,35-31-. The Hall–Kier alpha value is -4.88. The van der Waals surface area contributed by atoms with Crippen LogP contribution >= 0.6 is 11.3 Å². The molecule has 0 bridgehead atoms. The van der Waals surface area contributed by atoms with Crippen LogP contribution in [0.15, 0.2) is 119 Å². The number of hydrogen-bond donors (Lipinski definition) is 0. The quantitative estimate of drug-likeness (QED) is 0.254. The number of aromatic nitrogens is 3. The second-order valence-electron chi connectivity index (χ2n) is 8.81. The van der Waals surface area contributed by atoms with E-state index in [1.807, 2.05) is 66.7 Å². The maximum absolute atomic E-state index is 5.35. The summed E-state index contributed by atoms with van der Waals surface area (Å²) >= 11 is 1.55. The Morgan fingerprint density at radius 2 is 1.34 bits per heavy atom. The average Bonchev–Trinajstić information content (AvgIpc) is 3.54. The highest BCUT2D eigenvalue weighted by Gasteiger charge is 2.28. The summed E-state index contributed by atoms with van der Waals surface area (Å²) in [7, 11) is 1.67. The summed E-state index contributed by atoms with van der Waals surface area (Å²) in [4.78, 5) is 10.6. The number of fused-ring (bicyclic) bond motifs is 4. The molecule has 0 radical (unpaired) electrons. The summed E-state index contributed by atoms with van der Waals surface area (Å²) in [5.74, 6) is 0.818. The van der Waals surface area contributed by atoms with Crippen molar-refractivity contribution in [2.24, 2.45) is 10.2 Å². The molecule has 0 aliphatic heterocycles. The molecule has 0 N–H and O–H groups in total. The summed E-state index contributed by atoms with van der Waals surface area (Å²) in [5, 5.41) is 11.7. The first-order valence-corrected chi connectivity index (χ1v) is 13.1. The Morgan fingerprint density at radius 3 is 2.08 bits per heavy atom. The fourth-order valence-corrected chi connectivity index (χ4v) is 5.60. The van der Waals surface area contributed by atoms with Crippen LogP contribution in [0.5, 0.6) is 5.75 Å². The zero-order valence-electron chi connectivity index (χ0n) is 20.4. The Morgan fingerprint density at radius 1 is 0.684 bits per heavy atom. The molecule has 0 saturated heterocycles. The minimum Gasteiger partial charge on any atom is -0.497 e. The molecule has 0 spiro atoms. The molecule has 38 heavy (non-hydrogen) atoms. The van der Waals surface area contributed by atoms with E-state index in [2.05, 4.69) is 46.3 Å². The van der Waals surface area contributed by atoms with Gasteiger partial charge in [-0.3, -0.25) is 4.57 Å². The Balaban J connectivity index is 1.43. The molecule has 0 saturated carbocycles. The van der Waals surface area contributed by atoms with E-state index in [9.17, 15) is 0 Å². The van der Waals surface area contributed by atoms with Crippen LogP contribution in [0.25, 0.3) is 39.2 Å². The lowest BCUT2D eigenvalue weighted by atomic mass is 10.1. The molecule has 182 valence electrons. The zero-order chi connectivity index (χ0) is 25.5. The van der Waals surface area contributed by atoms with Crippen molar-refractivity contribution < 1.29 is 4.74 Å². The predicted octanol–water partition coefficient (Wildman–Crippen LogP) is 6.49. The number of ether oxygens (including phenoxy) is 1. The van der Waals surface area contributed by atoms with Gasteiger partial charge in [-0.15, -0.1) is 21.5 Å². The van der Waals surface area contributed by atoms with Crippen molar-refractivity contribution in [1.29, 1.82) is 0 Å². The minimum atomic E-state index is 0.730. The molecule has 7 heteroatoms. The van der Waals surface area contributed by atoms with E-state index >= 15 is 0 Å². The van der Waals surface area contributed by atoms with E-state index in [4.69, 9.17) is 24.9 Å². The van der Waals surface area contributed by atoms with Gasteiger partial charge in [-0.1, -0.05) is 54.6 Å². The second kappa shape index (κ2) is 9.21. The summed E-state index contributed by atoms with van der Waals surface area (Å²) in [6.07, 6.45) is 0. The number of para-hydroxylation sites is 3. The van der Waals surface area contributed by atoms with Gasteiger partial charge < -0.3 is 4.74 Å². The molecule has 4 aromatic carbocycles. The van der Waals surface area contributed by atoms with Crippen LogP contribution in [0.2, 0.25) is 0 Å². The summed E-state index contributed by atoms with van der Waals surface area (Å²) in [5.41, 5.74) is 9.14. The van der Waals surface area contributed by atoms with Gasteiger partial charge in [0, 0.05) is 22.2 Å². The lowest BCUT2D eigenvalue weighted by molar-refractivity contribution is 0.415. The lowest BCUT2D eigenvalue weighted by Crippen LogP contribution is -2.14. The Labute approximate surface area is 222 Å². The normalized spacial score (nSPS) is 13.6. The van der Waals surface area contributed by atoms with Crippen LogP contribution in [0.3, 0.4) is 0 Å². The van der Waals surface area contributed by atoms with Gasteiger partial charge in [0.15, 0.2) is 0 Å². The number of hydrogen-bond acceptors (Lipinski definition) is 6.